The van der Waals surface area contributed by atoms with Gasteiger partial charge in [0.1, 0.15) is 0 Å². The van der Waals surface area contributed by atoms with Gasteiger partial charge in [-0.05, 0) is 43.6 Å². The van der Waals surface area contributed by atoms with Gasteiger partial charge in [-0.15, -0.1) is 0 Å². The lowest BCUT2D eigenvalue weighted by Gasteiger charge is -2.35. The lowest BCUT2D eigenvalue weighted by atomic mass is 10.0. The van der Waals surface area contributed by atoms with Crippen LogP contribution in [-0.2, 0) is 4.74 Å². The van der Waals surface area contributed by atoms with Crippen LogP contribution in [0, 0.1) is 0 Å². The van der Waals surface area contributed by atoms with E-state index >= 15 is 0 Å². The molecule has 8 nitrogen and oxygen atoms in total. The highest BCUT2D eigenvalue weighted by Crippen LogP contribution is 2.32. The number of piperidine rings is 1. The van der Waals surface area contributed by atoms with Crippen molar-refractivity contribution in [1.29, 1.82) is 0 Å². The third kappa shape index (κ3) is 6.98. The predicted molar refractivity (Wildman–Crippen MR) is 124 cm³/mol. The van der Waals surface area contributed by atoms with E-state index in [-0.39, 0.29) is 6.04 Å². The Morgan fingerprint density at radius 2 is 1.77 bits per heavy atom. The third-order valence-corrected chi connectivity index (χ3v) is 6.13. The van der Waals surface area contributed by atoms with Gasteiger partial charge >= 0.3 is 0 Å². The Balaban J connectivity index is 1.61. The second kappa shape index (κ2) is 12.7. The number of hydrogen-bond acceptors (Lipinski definition) is 6. The highest BCUT2D eigenvalue weighted by atomic mass is 16.5. The number of methoxy groups -OCH3 is 2. The third-order valence-electron chi connectivity index (χ3n) is 6.13. The van der Waals surface area contributed by atoms with Crippen molar-refractivity contribution in [2.45, 2.75) is 25.3 Å². The number of nitrogens with one attached hydrogen (secondary N) is 2. The van der Waals surface area contributed by atoms with Gasteiger partial charge in [0.05, 0.1) is 33.5 Å². The molecule has 1 aromatic carbocycles. The number of guanidine groups is 1. The SMILES string of the molecule is CN=C(NCCN1CCCCC1)NCC(c1ccc(OC)c(OC)c1)N1CCOCC1. The van der Waals surface area contributed by atoms with Crippen LogP contribution in [0.1, 0.15) is 30.9 Å². The van der Waals surface area contributed by atoms with E-state index in [9.17, 15) is 0 Å². The molecule has 2 aliphatic heterocycles. The van der Waals surface area contributed by atoms with Crippen molar-refractivity contribution < 1.29 is 14.2 Å². The molecule has 1 atom stereocenters. The Kier molecular flexibility index (Phi) is 9.71. The average molecular weight is 434 g/mol. The Morgan fingerprint density at radius 3 is 2.45 bits per heavy atom. The molecule has 2 N–H and O–H groups in total. The Labute approximate surface area is 186 Å². The standard InChI is InChI=1S/C23H39N5O3/c1-24-23(25-9-12-27-10-5-4-6-11-27)26-18-20(28-13-15-31-16-14-28)19-7-8-21(29-2)22(17-19)30-3/h7-8,17,20H,4-6,9-16,18H2,1-3H3,(H2,24,25,26). The van der Waals surface area contributed by atoms with Gasteiger partial charge in [0.25, 0.3) is 0 Å². The van der Waals surface area contributed by atoms with Crippen molar-refractivity contribution >= 4 is 5.96 Å². The van der Waals surface area contributed by atoms with Crippen molar-refractivity contribution in [2.75, 3.05) is 80.3 Å². The van der Waals surface area contributed by atoms with E-state index in [1.54, 1.807) is 14.2 Å². The number of benzene rings is 1. The van der Waals surface area contributed by atoms with Crippen LogP contribution >= 0.6 is 0 Å². The summed E-state index contributed by atoms with van der Waals surface area (Å²) in [7, 11) is 5.17. The maximum atomic E-state index is 5.58. The molecule has 3 rings (SSSR count). The number of rotatable bonds is 9. The predicted octanol–water partition coefficient (Wildman–Crippen LogP) is 1.73. The first-order valence-electron chi connectivity index (χ1n) is 11.5. The first-order valence-corrected chi connectivity index (χ1v) is 11.5. The molecule has 2 heterocycles. The maximum absolute atomic E-state index is 5.58. The molecule has 0 radical (unpaired) electrons. The normalized spacial score (nSPS) is 19.6. The quantitative estimate of drug-likeness (QED) is 0.454. The van der Waals surface area contributed by atoms with Crippen LogP contribution in [0.5, 0.6) is 11.5 Å². The number of hydrogen-bond donors (Lipinski definition) is 2. The molecule has 31 heavy (non-hydrogen) atoms. The van der Waals surface area contributed by atoms with Crippen molar-refractivity contribution in [1.82, 2.24) is 20.4 Å². The molecule has 0 aliphatic carbocycles. The fourth-order valence-electron chi connectivity index (χ4n) is 4.34. The number of likely N-dealkylation sites (tertiary alicyclic amines) is 1. The summed E-state index contributed by atoms with van der Waals surface area (Å²) in [5.74, 6) is 2.34. The highest BCUT2D eigenvalue weighted by Gasteiger charge is 2.24. The molecule has 0 saturated carbocycles. The van der Waals surface area contributed by atoms with Gasteiger partial charge in [-0.25, -0.2) is 0 Å². The Hall–Kier alpha value is -2.03. The van der Waals surface area contributed by atoms with Crippen molar-refractivity contribution in [3.63, 3.8) is 0 Å². The monoisotopic (exact) mass is 433 g/mol. The summed E-state index contributed by atoms with van der Waals surface area (Å²) < 4.78 is 16.5. The second-order valence-electron chi connectivity index (χ2n) is 8.06. The first kappa shape index (κ1) is 23.6. The second-order valence-corrected chi connectivity index (χ2v) is 8.06. The first-order chi connectivity index (χ1) is 15.2. The summed E-state index contributed by atoms with van der Waals surface area (Å²) >= 11 is 0. The van der Waals surface area contributed by atoms with Gasteiger partial charge < -0.3 is 29.7 Å². The average Bonchev–Trinajstić information content (AvgIpc) is 2.84. The summed E-state index contributed by atoms with van der Waals surface area (Å²) in [6.45, 7) is 8.46. The van der Waals surface area contributed by atoms with E-state index in [0.717, 1.165) is 63.4 Å². The van der Waals surface area contributed by atoms with Crippen molar-refractivity contribution in [3.05, 3.63) is 23.8 Å². The molecule has 0 aromatic heterocycles. The topological polar surface area (TPSA) is 70.6 Å². The Morgan fingerprint density at radius 1 is 1.03 bits per heavy atom. The molecule has 2 fully saturated rings. The van der Waals surface area contributed by atoms with Crippen LogP contribution in [0.25, 0.3) is 0 Å². The van der Waals surface area contributed by atoms with E-state index in [1.807, 2.05) is 13.1 Å². The zero-order valence-corrected chi connectivity index (χ0v) is 19.4. The zero-order chi connectivity index (χ0) is 21.9. The summed E-state index contributed by atoms with van der Waals surface area (Å²) in [4.78, 5) is 9.42. The molecule has 1 aromatic rings. The van der Waals surface area contributed by atoms with Crippen LogP contribution in [0.4, 0.5) is 0 Å². The van der Waals surface area contributed by atoms with E-state index in [0.29, 0.717) is 0 Å². The van der Waals surface area contributed by atoms with Crippen molar-refractivity contribution in [3.8, 4) is 11.5 Å². The molecule has 0 bridgehead atoms. The van der Waals surface area contributed by atoms with E-state index in [1.165, 1.54) is 37.9 Å². The van der Waals surface area contributed by atoms with Gasteiger partial charge in [0.2, 0.25) is 0 Å². The molecule has 2 saturated heterocycles. The molecule has 1 unspecified atom stereocenters. The van der Waals surface area contributed by atoms with Crippen LogP contribution in [-0.4, -0.2) is 96.1 Å². The lowest BCUT2D eigenvalue weighted by Crippen LogP contribution is -2.47. The molecule has 2 aliphatic rings. The van der Waals surface area contributed by atoms with Crippen LogP contribution < -0.4 is 20.1 Å². The Bertz CT molecular complexity index is 688. The fraction of sp³-hybridized carbons (Fsp3) is 0.696. The maximum Gasteiger partial charge on any atom is 0.191 e. The van der Waals surface area contributed by atoms with Gasteiger partial charge in [0.15, 0.2) is 17.5 Å². The molecular formula is C23H39N5O3. The minimum atomic E-state index is 0.185. The van der Waals surface area contributed by atoms with E-state index < -0.39 is 0 Å². The summed E-state index contributed by atoms with van der Waals surface area (Å²) in [6, 6.07) is 6.36. The molecular weight excluding hydrogens is 394 g/mol. The summed E-state index contributed by atoms with van der Waals surface area (Å²) in [5.41, 5.74) is 1.19. The molecule has 0 amide bonds. The van der Waals surface area contributed by atoms with E-state index in [2.05, 4.69) is 37.6 Å². The van der Waals surface area contributed by atoms with Crippen LogP contribution in [0.15, 0.2) is 23.2 Å². The van der Waals surface area contributed by atoms with Gasteiger partial charge in [-0.3, -0.25) is 9.89 Å². The fourth-order valence-corrected chi connectivity index (χ4v) is 4.34. The van der Waals surface area contributed by atoms with Gasteiger partial charge in [-0.1, -0.05) is 12.5 Å². The largest absolute Gasteiger partial charge is 0.493 e. The minimum absolute atomic E-state index is 0.185. The highest BCUT2D eigenvalue weighted by molar-refractivity contribution is 5.79. The number of ether oxygens (including phenoxy) is 3. The molecule has 174 valence electrons. The van der Waals surface area contributed by atoms with Crippen LogP contribution in [0.2, 0.25) is 0 Å². The van der Waals surface area contributed by atoms with Gasteiger partial charge in [-0.2, -0.15) is 0 Å². The minimum Gasteiger partial charge on any atom is -0.493 e. The van der Waals surface area contributed by atoms with Crippen molar-refractivity contribution in [2.24, 2.45) is 4.99 Å². The lowest BCUT2D eigenvalue weighted by molar-refractivity contribution is 0.0169. The smallest absolute Gasteiger partial charge is 0.191 e. The number of aliphatic imine (C=N–C) groups is 1. The van der Waals surface area contributed by atoms with Crippen LogP contribution in [0.3, 0.4) is 0 Å². The zero-order valence-electron chi connectivity index (χ0n) is 19.4. The summed E-state index contributed by atoms with van der Waals surface area (Å²) in [6.07, 6.45) is 4.01. The van der Waals surface area contributed by atoms with Gasteiger partial charge in [0, 0.05) is 39.8 Å². The molecule has 0 spiro atoms. The number of morpholine rings is 1. The van der Waals surface area contributed by atoms with E-state index in [4.69, 9.17) is 14.2 Å². The summed E-state index contributed by atoms with van der Waals surface area (Å²) in [5, 5.41) is 7.01. The molecule has 8 heteroatoms. The number of nitrogens with zero attached hydrogens (tertiary/aromatic N) is 3.